The van der Waals surface area contributed by atoms with Crippen LogP contribution in [0.25, 0.3) is 11.3 Å². The van der Waals surface area contributed by atoms with Crippen molar-refractivity contribution in [1.29, 1.82) is 0 Å². The number of nitrogens with one attached hydrogen (secondary N) is 1. The van der Waals surface area contributed by atoms with E-state index in [1.807, 2.05) is 13.8 Å². The predicted octanol–water partition coefficient (Wildman–Crippen LogP) is 5.17. The van der Waals surface area contributed by atoms with Gasteiger partial charge in [-0.25, -0.2) is 14.1 Å². The van der Waals surface area contributed by atoms with Crippen molar-refractivity contribution in [2.75, 3.05) is 12.3 Å². The lowest BCUT2D eigenvalue weighted by atomic mass is 9.87. The van der Waals surface area contributed by atoms with E-state index in [-0.39, 0.29) is 34.2 Å². The first-order valence-corrected chi connectivity index (χ1v) is 14.2. The number of carbonyl (C=O) groups is 1. The Morgan fingerprint density at radius 1 is 1.13 bits per heavy atom. The standard InChI is InChI=1S/C28H33FN4O4S/c1-16(2)15-37-21-13-19(12-20(29)14-21)24-11-10-23(27(31-24)22-9-8-17(3)18(22)4)28(34)33-38(35,36)26-7-5-6-25(30)32-26/h5-7,10-14,16-18,22H,8-9,15H2,1-4H3,(H2,30,32)(H,33,34). The number of hydrogen-bond acceptors (Lipinski definition) is 7. The Labute approximate surface area is 222 Å². The van der Waals surface area contributed by atoms with E-state index in [1.54, 1.807) is 18.2 Å². The van der Waals surface area contributed by atoms with Gasteiger partial charge in [0, 0.05) is 17.5 Å². The highest BCUT2D eigenvalue weighted by Gasteiger charge is 2.35. The number of anilines is 1. The SMILES string of the molecule is CC(C)COc1cc(F)cc(-c2ccc(C(=O)NS(=O)(=O)c3cccc(N)n3)c(C3CCC(C)C3C)n2)c1. The zero-order chi connectivity index (χ0) is 27.6. The Morgan fingerprint density at radius 3 is 2.55 bits per heavy atom. The number of nitrogens with zero attached hydrogens (tertiary/aromatic N) is 2. The second-order valence-corrected chi connectivity index (χ2v) is 12.0. The van der Waals surface area contributed by atoms with Crippen LogP contribution in [0.4, 0.5) is 10.2 Å². The summed E-state index contributed by atoms with van der Waals surface area (Å²) in [5, 5.41) is -0.353. The minimum absolute atomic E-state index is 0.0210. The number of aromatic nitrogens is 2. The van der Waals surface area contributed by atoms with Crippen molar-refractivity contribution in [3.05, 3.63) is 65.6 Å². The van der Waals surface area contributed by atoms with E-state index < -0.39 is 21.7 Å². The summed E-state index contributed by atoms with van der Waals surface area (Å²) in [5.41, 5.74) is 7.24. The van der Waals surface area contributed by atoms with Crippen LogP contribution < -0.4 is 15.2 Å². The van der Waals surface area contributed by atoms with Crippen molar-refractivity contribution in [2.24, 2.45) is 17.8 Å². The number of nitrogens with two attached hydrogens (primary N) is 1. The highest BCUT2D eigenvalue weighted by molar-refractivity contribution is 7.90. The van der Waals surface area contributed by atoms with Crippen molar-refractivity contribution >= 4 is 21.7 Å². The molecule has 0 spiro atoms. The first-order valence-electron chi connectivity index (χ1n) is 12.7. The van der Waals surface area contributed by atoms with E-state index in [1.165, 1.54) is 30.3 Å². The lowest BCUT2D eigenvalue weighted by Crippen LogP contribution is -2.32. The topological polar surface area (TPSA) is 124 Å². The third kappa shape index (κ3) is 6.12. The van der Waals surface area contributed by atoms with Gasteiger partial charge in [-0.15, -0.1) is 0 Å². The zero-order valence-electron chi connectivity index (χ0n) is 21.9. The molecule has 10 heteroatoms. The van der Waals surface area contributed by atoms with Crippen LogP contribution in [0, 0.1) is 23.6 Å². The number of ether oxygens (including phenoxy) is 1. The largest absolute Gasteiger partial charge is 0.493 e. The van der Waals surface area contributed by atoms with Crippen molar-refractivity contribution < 1.29 is 22.3 Å². The average Bonchev–Trinajstić information content (AvgIpc) is 3.19. The molecule has 0 bridgehead atoms. The molecule has 1 aliphatic carbocycles. The zero-order valence-corrected chi connectivity index (χ0v) is 22.8. The summed E-state index contributed by atoms with van der Waals surface area (Å²) in [6.45, 7) is 8.70. The van der Waals surface area contributed by atoms with Gasteiger partial charge >= 0.3 is 0 Å². The molecule has 202 valence electrons. The normalized spacial score (nSPS) is 19.5. The molecule has 3 unspecified atom stereocenters. The fourth-order valence-corrected chi connectivity index (χ4v) is 5.67. The molecule has 1 fully saturated rings. The third-order valence-corrected chi connectivity index (χ3v) is 8.22. The van der Waals surface area contributed by atoms with Crippen LogP contribution in [0.1, 0.15) is 62.5 Å². The second kappa shape index (κ2) is 11.1. The smallest absolute Gasteiger partial charge is 0.281 e. The number of pyridine rings is 2. The van der Waals surface area contributed by atoms with Gasteiger partial charge in [0.05, 0.1) is 23.6 Å². The number of sulfonamides is 1. The van der Waals surface area contributed by atoms with Gasteiger partial charge in [-0.2, -0.15) is 8.42 Å². The summed E-state index contributed by atoms with van der Waals surface area (Å²) in [6.07, 6.45) is 1.76. The van der Waals surface area contributed by atoms with Gasteiger partial charge in [-0.05, 0) is 67.0 Å². The fraction of sp³-hybridized carbons (Fsp3) is 0.393. The van der Waals surface area contributed by atoms with Gasteiger partial charge < -0.3 is 10.5 Å². The van der Waals surface area contributed by atoms with Crippen LogP contribution in [0.3, 0.4) is 0 Å². The number of rotatable bonds is 8. The Bertz CT molecular complexity index is 1440. The minimum atomic E-state index is -4.27. The van der Waals surface area contributed by atoms with E-state index >= 15 is 0 Å². The molecule has 1 amide bonds. The summed E-state index contributed by atoms with van der Waals surface area (Å²) in [6, 6.07) is 11.7. The number of hydrogen-bond donors (Lipinski definition) is 2. The summed E-state index contributed by atoms with van der Waals surface area (Å²) in [4.78, 5) is 22.0. The molecule has 8 nitrogen and oxygen atoms in total. The van der Waals surface area contributed by atoms with Crippen molar-refractivity contribution in [2.45, 2.75) is 51.5 Å². The van der Waals surface area contributed by atoms with Gasteiger partial charge in [-0.3, -0.25) is 9.78 Å². The summed E-state index contributed by atoms with van der Waals surface area (Å²) in [5.74, 6) is -0.0286. The quantitative estimate of drug-likeness (QED) is 0.404. The van der Waals surface area contributed by atoms with Crippen LogP contribution in [-0.2, 0) is 10.0 Å². The van der Waals surface area contributed by atoms with E-state index in [0.29, 0.717) is 35.2 Å². The Kier molecular flexibility index (Phi) is 8.01. The van der Waals surface area contributed by atoms with Gasteiger partial charge in [-0.1, -0.05) is 33.8 Å². The molecule has 0 aliphatic heterocycles. The number of amides is 1. The summed E-state index contributed by atoms with van der Waals surface area (Å²) < 4.78 is 48.0. The van der Waals surface area contributed by atoms with Crippen LogP contribution in [0.2, 0.25) is 0 Å². The maximum Gasteiger partial charge on any atom is 0.281 e. The molecule has 3 atom stereocenters. The summed E-state index contributed by atoms with van der Waals surface area (Å²) in [7, 11) is -4.27. The number of carbonyl (C=O) groups excluding carboxylic acids is 1. The highest BCUT2D eigenvalue weighted by atomic mass is 32.2. The first kappa shape index (κ1) is 27.5. The predicted molar refractivity (Wildman–Crippen MR) is 144 cm³/mol. The second-order valence-electron chi connectivity index (χ2n) is 10.4. The van der Waals surface area contributed by atoms with Crippen LogP contribution >= 0.6 is 0 Å². The molecule has 3 N–H and O–H groups in total. The number of nitrogen functional groups attached to an aromatic ring is 1. The molecule has 2 aromatic heterocycles. The Morgan fingerprint density at radius 2 is 1.89 bits per heavy atom. The Balaban J connectivity index is 1.73. The van der Waals surface area contributed by atoms with E-state index in [4.69, 9.17) is 15.5 Å². The summed E-state index contributed by atoms with van der Waals surface area (Å²) >= 11 is 0. The van der Waals surface area contributed by atoms with Crippen LogP contribution in [0.15, 0.2) is 53.6 Å². The van der Waals surface area contributed by atoms with Crippen LogP contribution in [0.5, 0.6) is 5.75 Å². The molecular weight excluding hydrogens is 507 g/mol. The number of benzene rings is 1. The monoisotopic (exact) mass is 540 g/mol. The molecule has 0 radical (unpaired) electrons. The van der Waals surface area contributed by atoms with E-state index in [2.05, 4.69) is 23.6 Å². The molecule has 38 heavy (non-hydrogen) atoms. The Hall–Kier alpha value is -3.53. The first-order chi connectivity index (χ1) is 17.9. The molecule has 4 rings (SSSR count). The average molecular weight is 541 g/mol. The molecule has 1 aliphatic rings. The van der Waals surface area contributed by atoms with Gasteiger partial charge in [0.15, 0.2) is 5.03 Å². The third-order valence-electron chi connectivity index (χ3n) is 6.98. The lowest BCUT2D eigenvalue weighted by Gasteiger charge is -2.21. The van der Waals surface area contributed by atoms with Gasteiger partial charge in [0.2, 0.25) is 0 Å². The van der Waals surface area contributed by atoms with Crippen molar-refractivity contribution in [3.63, 3.8) is 0 Å². The molecule has 2 heterocycles. The fourth-order valence-electron chi connectivity index (χ4n) is 4.73. The van der Waals surface area contributed by atoms with Crippen molar-refractivity contribution in [3.8, 4) is 17.0 Å². The maximum atomic E-state index is 14.5. The molecule has 1 aromatic carbocycles. The molecular formula is C28H33FN4O4S. The van der Waals surface area contributed by atoms with Crippen LogP contribution in [-0.4, -0.2) is 30.9 Å². The highest BCUT2D eigenvalue weighted by Crippen LogP contribution is 2.44. The maximum absolute atomic E-state index is 14.5. The molecule has 0 saturated heterocycles. The van der Waals surface area contributed by atoms with E-state index in [9.17, 15) is 17.6 Å². The van der Waals surface area contributed by atoms with Crippen molar-refractivity contribution in [1.82, 2.24) is 14.7 Å². The van der Waals surface area contributed by atoms with Gasteiger partial charge in [0.1, 0.15) is 17.4 Å². The lowest BCUT2D eigenvalue weighted by molar-refractivity contribution is 0.0979. The molecule has 1 saturated carbocycles. The number of halogens is 1. The minimum Gasteiger partial charge on any atom is -0.493 e. The van der Waals surface area contributed by atoms with E-state index in [0.717, 1.165) is 12.8 Å². The molecule has 3 aromatic rings. The van der Waals surface area contributed by atoms with Gasteiger partial charge in [0.25, 0.3) is 15.9 Å².